The molecule has 0 aliphatic carbocycles. The summed E-state index contributed by atoms with van der Waals surface area (Å²) in [7, 11) is 0. The molecule has 4 atom stereocenters. The first-order valence-corrected chi connectivity index (χ1v) is 11.7. The molecule has 0 spiro atoms. The molecule has 1 rings (SSSR count). The molecule has 1 aromatic heterocycles. The van der Waals surface area contributed by atoms with Crippen LogP contribution in [0.5, 0.6) is 0 Å². The number of imidazole rings is 1. The zero-order chi connectivity index (χ0) is 26.4. The Hall–Kier alpha value is -3.17. The highest BCUT2D eigenvalue weighted by Gasteiger charge is 2.30. The number of unbranched alkanes of at least 4 members (excludes halogenated alkanes) is 1. The topological polar surface area (TPSA) is 248 Å². The van der Waals surface area contributed by atoms with Gasteiger partial charge in [-0.2, -0.15) is 12.6 Å². The number of aromatic amines is 1. The fourth-order valence-electron chi connectivity index (χ4n) is 3.04. The number of H-pyrrole nitrogens is 1. The Morgan fingerprint density at radius 2 is 1.60 bits per heavy atom. The van der Waals surface area contributed by atoms with E-state index in [1.807, 2.05) is 0 Å². The van der Waals surface area contributed by atoms with Crippen LogP contribution in [0.25, 0.3) is 0 Å². The van der Waals surface area contributed by atoms with Crippen molar-refractivity contribution in [3.05, 3.63) is 18.2 Å². The van der Waals surface area contributed by atoms with Gasteiger partial charge in [0.05, 0.1) is 12.4 Å². The van der Waals surface area contributed by atoms with Gasteiger partial charge in [0.1, 0.15) is 18.1 Å². The first-order chi connectivity index (χ1) is 16.6. The van der Waals surface area contributed by atoms with Gasteiger partial charge in [-0.05, 0) is 32.2 Å². The molecule has 0 radical (unpaired) electrons. The minimum Gasteiger partial charge on any atom is -0.480 e. The van der Waals surface area contributed by atoms with Crippen LogP contribution in [0.4, 0.5) is 0 Å². The minimum atomic E-state index is -1.33. The summed E-state index contributed by atoms with van der Waals surface area (Å²) < 4.78 is 0. The summed E-state index contributed by atoms with van der Waals surface area (Å²) in [6.07, 6.45) is 3.59. The summed E-state index contributed by atoms with van der Waals surface area (Å²) in [6, 6.07) is -4.60. The predicted octanol–water partition coefficient (Wildman–Crippen LogP) is -2.86. The number of amides is 4. The van der Waals surface area contributed by atoms with Crippen molar-refractivity contribution in [3.8, 4) is 0 Å². The van der Waals surface area contributed by atoms with Gasteiger partial charge in [-0.3, -0.25) is 19.2 Å². The molecule has 1 aromatic rings. The smallest absolute Gasteiger partial charge is 0.326 e. The normalized spacial score (nSPS) is 14.3. The Morgan fingerprint density at radius 3 is 2.11 bits per heavy atom. The fourth-order valence-corrected chi connectivity index (χ4v) is 3.21. The van der Waals surface area contributed by atoms with E-state index in [0.717, 1.165) is 0 Å². The van der Waals surface area contributed by atoms with Gasteiger partial charge >= 0.3 is 5.97 Å². The predicted molar refractivity (Wildman–Crippen MR) is 129 cm³/mol. The van der Waals surface area contributed by atoms with Crippen LogP contribution >= 0.6 is 12.6 Å². The lowest BCUT2D eigenvalue weighted by Crippen LogP contribution is -2.57. The molecule has 15 heteroatoms. The van der Waals surface area contributed by atoms with E-state index < -0.39 is 53.8 Å². The van der Waals surface area contributed by atoms with E-state index in [1.54, 1.807) is 0 Å². The fraction of sp³-hybridized carbons (Fsp3) is 0.600. The van der Waals surface area contributed by atoms with Crippen LogP contribution in [0.1, 0.15) is 37.8 Å². The van der Waals surface area contributed by atoms with E-state index in [0.29, 0.717) is 25.1 Å². The lowest BCUT2D eigenvalue weighted by Gasteiger charge is -2.25. The van der Waals surface area contributed by atoms with Crippen molar-refractivity contribution >= 4 is 42.2 Å². The van der Waals surface area contributed by atoms with Gasteiger partial charge in [-0.15, -0.1) is 0 Å². The van der Waals surface area contributed by atoms with Gasteiger partial charge < -0.3 is 43.2 Å². The molecule has 4 unspecified atom stereocenters. The molecule has 0 aliphatic rings. The number of rotatable bonds is 17. The number of aromatic nitrogens is 2. The monoisotopic (exact) mass is 514 g/mol. The highest BCUT2D eigenvalue weighted by atomic mass is 32.1. The third-order valence-corrected chi connectivity index (χ3v) is 5.41. The molecule has 1 heterocycles. The molecule has 0 aliphatic heterocycles. The average Bonchev–Trinajstić information content (AvgIpc) is 3.32. The molecule has 14 nitrogen and oxygen atoms in total. The Balaban J connectivity index is 2.99. The Bertz CT molecular complexity index is 853. The van der Waals surface area contributed by atoms with E-state index in [2.05, 4.69) is 38.5 Å². The van der Waals surface area contributed by atoms with E-state index in [1.165, 1.54) is 12.5 Å². The molecular weight excluding hydrogens is 480 g/mol. The number of aliphatic carboxylic acids is 1. The van der Waals surface area contributed by atoms with Crippen molar-refractivity contribution in [1.29, 1.82) is 0 Å². The molecule has 0 bridgehead atoms. The molecule has 0 saturated heterocycles. The third kappa shape index (κ3) is 11.2. The summed E-state index contributed by atoms with van der Waals surface area (Å²) in [6.45, 7) is 0.384. The van der Waals surface area contributed by atoms with Crippen molar-refractivity contribution in [2.24, 2.45) is 17.2 Å². The zero-order valence-electron chi connectivity index (χ0n) is 19.2. The van der Waals surface area contributed by atoms with E-state index in [9.17, 15) is 29.1 Å². The van der Waals surface area contributed by atoms with Crippen molar-refractivity contribution < 1.29 is 29.1 Å². The lowest BCUT2D eigenvalue weighted by atomic mass is 10.0. The molecule has 11 N–H and O–H groups in total. The van der Waals surface area contributed by atoms with Gasteiger partial charge in [0.2, 0.25) is 23.6 Å². The SMILES string of the molecule is NCCCCC(NC(=O)C(N)CS)C(=O)NC(CCC(N)=O)C(=O)NC(Cc1cnc[nH]1)C(=O)O. The maximum absolute atomic E-state index is 13.0. The van der Waals surface area contributed by atoms with E-state index >= 15 is 0 Å². The summed E-state index contributed by atoms with van der Waals surface area (Å²) >= 11 is 3.97. The second kappa shape index (κ2) is 15.7. The molecule has 0 aromatic carbocycles. The minimum absolute atomic E-state index is 0.0551. The number of primary amides is 1. The highest BCUT2D eigenvalue weighted by Crippen LogP contribution is 2.06. The number of nitrogens with one attached hydrogen (secondary N) is 4. The standard InChI is InChI=1S/C20H34N8O6S/c21-6-2-1-3-13(26-17(30)12(22)9-35)18(31)27-14(4-5-16(23)29)19(32)28-15(20(33)34)7-11-8-24-10-25-11/h8,10,12-15,35H,1-7,9,21-22H2,(H2,23,29)(H,24,25)(H,26,30)(H,27,31)(H,28,32)(H,33,34). The van der Waals surface area contributed by atoms with Gasteiger partial charge in [0, 0.05) is 30.5 Å². The van der Waals surface area contributed by atoms with Crippen molar-refractivity contribution in [2.75, 3.05) is 12.3 Å². The molecular formula is C20H34N8O6S. The van der Waals surface area contributed by atoms with Crippen molar-refractivity contribution in [2.45, 2.75) is 62.7 Å². The molecule has 0 saturated carbocycles. The maximum Gasteiger partial charge on any atom is 0.326 e. The van der Waals surface area contributed by atoms with Crippen molar-refractivity contribution in [3.63, 3.8) is 0 Å². The van der Waals surface area contributed by atoms with Crippen molar-refractivity contribution in [1.82, 2.24) is 25.9 Å². The zero-order valence-corrected chi connectivity index (χ0v) is 20.1. The first-order valence-electron chi connectivity index (χ1n) is 11.0. The van der Waals surface area contributed by atoms with Crippen LogP contribution < -0.4 is 33.2 Å². The molecule has 4 amide bonds. The Labute approximate surface area is 207 Å². The van der Waals surface area contributed by atoms with Crippen LogP contribution in [0.3, 0.4) is 0 Å². The van der Waals surface area contributed by atoms with Crippen LogP contribution in [0.15, 0.2) is 12.5 Å². The largest absolute Gasteiger partial charge is 0.480 e. The maximum atomic E-state index is 13.0. The van der Waals surface area contributed by atoms with Crippen LogP contribution in [0.2, 0.25) is 0 Å². The number of hydrogen-bond acceptors (Lipinski definition) is 9. The molecule has 196 valence electrons. The summed E-state index contributed by atoms with van der Waals surface area (Å²) in [5.41, 5.74) is 16.8. The number of nitrogens with zero attached hydrogens (tertiary/aromatic N) is 1. The second-order valence-electron chi connectivity index (χ2n) is 7.88. The lowest BCUT2D eigenvalue weighted by molar-refractivity contribution is -0.142. The third-order valence-electron chi connectivity index (χ3n) is 5.02. The van der Waals surface area contributed by atoms with Gasteiger partial charge in [0.15, 0.2) is 0 Å². The van der Waals surface area contributed by atoms with Crippen LogP contribution in [-0.2, 0) is 30.4 Å². The molecule has 0 fully saturated rings. The first kappa shape index (κ1) is 29.9. The number of nitrogens with two attached hydrogens (primary N) is 3. The van der Waals surface area contributed by atoms with Gasteiger partial charge in [-0.1, -0.05) is 0 Å². The number of carboxylic acid groups (broad SMARTS) is 1. The van der Waals surface area contributed by atoms with Crippen LogP contribution in [-0.4, -0.2) is 81.1 Å². The quantitative estimate of drug-likeness (QED) is 0.0765. The van der Waals surface area contributed by atoms with Gasteiger partial charge in [-0.25, -0.2) is 9.78 Å². The summed E-state index contributed by atoms with van der Waals surface area (Å²) in [5.74, 6) is -4.09. The summed E-state index contributed by atoms with van der Waals surface area (Å²) in [5, 5.41) is 16.9. The van der Waals surface area contributed by atoms with E-state index in [4.69, 9.17) is 17.2 Å². The number of carboxylic acids is 1. The Kier molecular flexibility index (Phi) is 13.4. The average molecular weight is 515 g/mol. The number of hydrogen-bond donors (Lipinski definition) is 9. The second-order valence-corrected chi connectivity index (χ2v) is 8.25. The van der Waals surface area contributed by atoms with E-state index in [-0.39, 0.29) is 31.4 Å². The van der Waals surface area contributed by atoms with Gasteiger partial charge in [0.25, 0.3) is 0 Å². The summed E-state index contributed by atoms with van der Waals surface area (Å²) in [4.78, 5) is 67.6. The van der Waals surface area contributed by atoms with Crippen LogP contribution in [0, 0.1) is 0 Å². The number of carbonyl (C=O) groups is 5. The highest BCUT2D eigenvalue weighted by molar-refractivity contribution is 7.80. The Morgan fingerprint density at radius 1 is 1.00 bits per heavy atom. The molecule has 35 heavy (non-hydrogen) atoms. The number of carbonyl (C=O) groups excluding carboxylic acids is 4. The number of thiol groups is 1.